The Bertz CT molecular complexity index is 2170. The lowest BCUT2D eigenvalue weighted by Crippen LogP contribution is -2.39. The van der Waals surface area contributed by atoms with Crippen LogP contribution in [0.1, 0.15) is 140 Å². The lowest BCUT2D eigenvalue weighted by Gasteiger charge is -2.44. The van der Waals surface area contributed by atoms with Crippen LogP contribution < -0.4 is 9.80 Å². The Hall–Kier alpha value is -4.00. The minimum absolute atomic E-state index is 0.0321. The minimum Gasteiger partial charge on any atom is -0.374 e. The number of hydrogen-bond acceptors (Lipinski definition) is 14. The standard InChI is InChI=1S/C66H100N2O12/c1-45(2)63(69)77-35-31-73-41-51-11-21-57(22-12-51)67(61-29-19-55(49(9)39-61)43-75-33-37-79-65(71)47(5)6)59-25-15-53(16-26-59)54-17-27-60(28-18-54)68(58-23-13-52(14-24-58)42-74-32-36-78-64(70)46(3)4)62-30-20-56(50(10)40-62)44-76-34-38-80-66(72)48(7)8/h11-14,19-24,29-30,39-40,45-48,53-54,59-60,63-66,69-72H,15-18,25-28,31-38,41-44H2,1-10H3. The first-order chi connectivity index (χ1) is 38.5. The molecule has 0 aromatic heterocycles. The molecular weight excluding hydrogens is 1010 g/mol. The molecule has 0 bridgehead atoms. The average molecular weight is 1110 g/mol. The third-order valence-corrected chi connectivity index (χ3v) is 15.9. The van der Waals surface area contributed by atoms with Gasteiger partial charge in [-0.2, -0.15) is 0 Å². The summed E-state index contributed by atoms with van der Waals surface area (Å²) >= 11 is 0. The maximum atomic E-state index is 10.0. The Kier molecular flexibility index (Phi) is 27.6. The van der Waals surface area contributed by atoms with E-state index in [0.29, 0.717) is 103 Å². The summed E-state index contributed by atoms with van der Waals surface area (Å²) in [5.41, 5.74) is 11.5. The van der Waals surface area contributed by atoms with Gasteiger partial charge in [-0.15, -0.1) is 0 Å². The van der Waals surface area contributed by atoms with Gasteiger partial charge in [0, 0.05) is 58.5 Å². The molecule has 4 N–H and O–H groups in total. The molecule has 0 aliphatic heterocycles. The Morgan fingerprint density at radius 2 is 0.637 bits per heavy atom. The summed E-state index contributed by atoms with van der Waals surface area (Å²) < 4.78 is 45.9. The van der Waals surface area contributed by atoms with Gasteiger partial charge >= 0.3 is 0 Å². The van der Waals surface area contributed by atoms with E-state index in [4.69, 9.17) is 37.9 Å². The monoisotopic (exact) mass is 1110 g/mol. The molecule has 4 atom stereocenters. The minimum atomic E-state index is -0.791. The lowest BCUT2D eigenvalue weighted by molar-refractivity contribution is -0.137. The second kappa shape index (κ2) is 33.9. The van der Waals surface area contributed by atoms with Crippen LogP contribution in [0.2, 0.25) is 0 Å². The molecule has 2 saturated carbocycles. The molecule has 446 valence electrons. The molecule has 4 unspecified atom stereocenters. The average Bonchev–Trinajstić information content (AvgIpc) is 3.45. The third kappa shape index (κ3) is 20.7. The summed E-state index contributed by atoms with van der Waals surface area (Å²) in [6.45, 7) is 24.7. The zero-order valence-corrected chi connectivity index (χ0v) is 50.1. The van der Waals surface area contributed by atoms with Gasteiger partial charge in [0.05, 0.1) is 79.3 Å². The van der Waals surface area contributed by atoms with Gasteiger partial charge in [0.25, 0.3) is 0 Å². The van der Waals surface area contributed by atoms with Gasteiger partial charge in [0.1, 0.15) is 0 Å². The SMILES string of the molecule is Cc1cc(N(c2ccc(COCCOC(O)C(C)C)cc2)C2CCC(C3CCC(N(c4ccc(COCCOC(O)C(C)C)cc4)c4ccc(COCCOC(O)C(C)C)c(C)c4)CC3)CC2)ccc1COCCOC(O)C(C)C. The number of hydrogen-bond donors (Lipinski definition) is 4. The van der Waals surface area contributed by atoms with Crippen LogP contribution in [0.15, 0.2) is 84.9 Å². The molecule has 0 radical (unpaired) electrons. The predicted octanol–water partition coefficient (Wildman–Crippen LogP) is 12.4. The number of aryl methyl sites for hydroxylation is 2. The molecule has 2 aliphatic carbocycles. The van der Waals surface area contributed by atoms with Gasteiger partial charge in [-0.1, -0.05) is 91.8 Å². The highest BCUT2D eigenvalue weighted by Crippen LogP contribution is 2.45. The maximum Gasteiger partial charge on any atom is 0.156 e. The molecule has 14 nitrogen and oxygen atoms in total. The predicted molar refractivity (Wildman–Crippen MR) is 317 cm³/mol. The molecule has 4 aromatic rings. The van der Waals surface area contributed by atoms with Crippen molar-refractivity contribution in [1.29, 1.82) is 0 Å². The Balaban J connectivity index is 1.11. The van der Waals surface area contributed by atoms with Crippen molar-refractivity contribution in [2.75, 3.05) is 62.7 Å². The summed E-state index contributed by atoms with van der Waals surface area (Å²) in [5.74, 6) is 1.49. The second-order valence-electron chi connectivity index (χ2n) is 23.7. The van der Waals surface area contributed by atoms with E-state index in [1.807, 2.05) is 55.4 Å². The highest BCUT2D eigenvalue weighted by atomic mass is 16.6. The summed E-state index contributed by atoms with van der Waals surface area (Å²) in [7, 11) is 0. The Morgan fingerprint density at radius 1 is 0.362 bits per heavy atom. The van der Waals surface area contributed by atoms with Crippen molar-refractivity contribution in [2.24, 2.45) is 35.5 Å². The quantitative estimate of drug-likeness (QED) is 0.0254. The number of anilines is 4. The first-order valence-corrected chi connectivity index (χ1v) is 29.9. The Morgan fingerprint density at radius 3 is 0.912 bits per heavy atom. The number of ether oxygens (including phenoxy) is 8. The number of aliphatic hydroxyl groups excluding tert-OH is 4. The first-order valence-electron chi connectivity index (χ1n) is 29.9. The summed E-state index contributed by atoms with van der Waals surface area (Å²) in [6.07, 6.45) is 6.06. The van der Waals surface area contributed by atoms with Gasteiger partial charge in [0.2, 0.25) is 0 Å². The smallest absolute Gasteiger partial charge is 0.156 e. The molecule has 2 fully saturated rings. The summed E-state index contributed by atoms with van der Waals surface area (Å²) in [5, 5.41) is 40.1. The molecule has 0 heterocycles. The third-order valence-electron chi connectivity index (χ3n) is 15.9. The highest BCUT2D eigenvalue weighted by Gasteiger charge is 2.35. The normalized spacial score (nSPS) is 19.5. The lowest BCUT2D eigenvalue weighted by atomic mass is 9.71. The maximum absolute atomic E-state index is 10.0. The van der Waals surface area contributed by atoms with E-state index >= 15 is 0 Å². The molecule has 80 heavy (non-hydrogen) atoms. The molecule has 0 amide bonds. The van der Waals surface area contributed by atoms with Crippen molar-refractivity contribution >= 4 is 22.7 Å². The van der Waals surface area contributed by atoms with Crippen molar-refractivity contribution in [3.05, 3.63) is 118 Å². The van der Waals surface area contributed by atoms with Gasteiger partial charge in [-0.25, -0.2) is 0 Å². The van der Waals surface area contributed by atoms with Gasteiger partial charge in [-0.05, 0) is 159 Å². The van der Waals surface area contributed by atoms with Crippen LogP contribution in [-0.2, 0) is 64.3 Å². The van der Waals surface area contributed by atoms with E-state index in [1.165, 1.54) is 59.6 Å². The zero-order chi connectivity index (χ0) is 57.6. The number of rotatable bonds is 35. The summed E-state index contributed by atoms with van der Waals surface area (Å²) in [4.78, 5) is 5.13. The Labute approximate surface area is 480 Å². The van der Waals surface area contributed by atoms with E-state index in [9.17, 15) is 20.4 Å². The van der Waals surface area contributed by atoms with Crippen LogP contribution >= 0.6 is 0 Å². The topological polar surface area (TPSA) is 161 Å². The molecule has 0 spiro atoms. The largest absolute Gasteiger partial charge is 0.374 e. The molecule has 6 rings (SSSR count). The van der Waals surface area contributed by atoms with Crippen LogP contribution in [0.3, 0.4) is 0 Å². The van der Waals surface area contributed by atoms with Crippen LogP contribution in [-0.4, -0.2) is 111 Å². The van der Waals surface area contributed by atoms with Crippen LogP contribution in [0, 0.1) is 49.4 Å². The van der Waals surface area contributed by atoms with Crippen LogP contribution in [0.4, 0.5) is 22.7 Å². The number of benzene rings is 4. The van der Waals surface area contributed by atoms with Crippen LogP contribution in [0.5, 0.6) is 0 Å². The summed E-state index contributed by atoms with van der Waals surface area (Å²) in [6, 6.07) is 31.8. The van der Waals surface area contributed by atoms with E-state index in [2.05, 4.69) is 109 Å². The van der Waals surface area contributed by atoms with E-state index < -0.39 is 25.2 Å². The fourth-order valence-corrected chi connectivity index (χ4v) is 10.7. The van der Waals surface area contributed by atoms with Crippen molar-refractivity contribution in [1.82, 2.24) is 0 Å². The van der Waals surface area contributed by atoms with Crippen molar-refractivity contribution in [2.45, 2.75) is 184 Å². The van der Waals surface area contributed by atoms with E-state index in [-0.39, 0.29) is 23.7 Å². The second-order valence-corrected chi connectivity index (χ2v) is 23.7. The molecule has 14 heteroatoms. The van der Waals surface area contributed by atoms with Gasteiger partial charge < -0.3 is 68.1 Å². The van der Waals surface area contributed by atoms with E-state index in [1.54, 1.807) is 0 Å². The number of aliphatic hydroxyl groups is 4. The molecule has 0 saturated heterocycles. The number of nitrogens with zero attached hydrogens (tertiary/aromatic N) is 2. The molecule has 2 aliphatic rings. The fraction of sp³-hybridized carbons (Fsp3) is 0.636. The van der Waals surface area contributed by atoms with Crippen molar-refractivity contribution < 1.29 is 58.3 Å². The van der Waals surface area contributed by atoms with Crippen LogP contribution in [0.25, 0.3) is 0 Å². The molecule has 4 aromatic carbocycles. The van der Waals surface area contributed by atoms with Gasteiger partial charge in [0.15, 0.2) is 25.2 Å². The highest BCUT2D eigenvalue weighted by molar-refractivity contribution is 5.67. The van der Waals surface area contributed by atoms with E-state index in [0.717, 1.165) is 47.9 Å². The zero-order valence-electron chi connectivity index (χ0n) is 50.1. The first kappa shape index (κ1) is 65.2. The fourth-order valence-electron chi connectivity index (χ4n) is 10.7. The van der Waals surface area contributed by atoms with Crippen molar-refractivity contribution in [3.8, 4) is 0 Å². The van der Waals surface area contributed by atoms with Gasteiger partial charge in [-0.3, -0.25) is 0 Å². The molecular formula is C66H100N2O12. The van der Waals surface area contributed by atoms with Crippen molar-refractivity contribution in [3.63, 3.8) is 0 Å².